The fourth-order valence-electron chi connectivity index (χ4n) is 2.43. The van der Waals surface area contributed by atoms with Crippen LogP contribution in [-0.2, 0) is 6.61 Å². The average Bonchev–Trinajstić information content (AvgIpc) is 2.69. The number of ether oxygens (including phenoxy) is 2. The minimum absolute atomic E-state index is 0.115. The molecule has 0 heterocycles. The first-order valence-electron chi connectivity index (χ1n) is 8.18. The van der Waals surface area contributed by atoms with Crippen molar-refractivity contribution in [1.29, 1.82) is 0 Å². The van der Waals surface area contributed by atoms with Crippen LogP contribution in [0.1, 0.15) is 15.9 Å². The molecule has 6 heteroatoms. The molecule has 0 radical (unpaired) electrons. The van der Waals surface area contributed by atoms with Crippen LogP contribution >= 0.6 is 11.6 Å². The van der Waals surface area contributed by atoms with Crippen LogP contribution < -0.4 is 14.8 Å². The molecule has 0 atom stereocenters. The third kappa shape index (κ3) is 4.77. The van der Waals surface area contributed by atoms with E-state index in [2.05, 4.69) is 5.32 Å². The molecule has 0 aliphatic heterocycles. The first-order valence-corrected chi connectivity index (χ1v) is 8.56. The quantitative estimate of drug-likeness (QED) is 0.624. The van der Waals surface area contributed by atoms with Crippen molar-refractivity contribution in [2.75, 3.05) is 12.4 Å². The largest absolute Gasteiger partial charge is 0.493 e. The number of benzene rings is 3. The zero-order valence-corrected chi connectivity index (χ0v) is 15.3. The van der Waals surface area contributed by atoms with E-state index in [9.17, 15) is 9.18 Å². The number of carbonyl (C=O) groups is 1. The van der Waals surface area contributed by atoms with Crippen molar-refractivity contribution in [3.63, 3.8) is 0 Å². The summed E-state index contributed by atoms with van der Waals surface area (Å²) in [6.07, 6.45) is 0. The smallest absolute Gasteiger partial charge is 0.255 e. The van der Waals surface area contributed by atoms with Gasteiger partial charge in [0.05, 0.1) is 12.8 Å². The number of amides is 1. The highest BCUT2D eigenvalue weighted by atomic mass is 35.5. The maximum absolute atomic E-state index is 13.7. The molecule has 0 unspecified atom stereocenters. The molecule has 0 spiro atoms. The lowest BCUT2D eigenvalue weighted by Gasteiger charge is -2.13. The van der Waals surface area contributed by atoms with Crippen LogP contribution in [0.15, 0.2) is 66.7 Å². The lowest BCUT2D eigenvalue weighted by atomic mass is 10.1. The van der Waals surface area contributed by atoms with Gasteiger partial charge in [0.25, 0.3) is 5.91 Å². The van der Waals surface area contributed by atoms with Gasteiger partial charge in [-0.3, -0.25) is 4.79 Å². The highest BCUT2D eigenvalue weighted by Gasteiger charge is 2.13. The van der Waals surface area contributed by atoms with Gasteiger partial charge in [-0.2, -0.15) is 0 Å². The molecule has 3 rings (SSSR count). The Morgan fingerprint density at radius 3 is 2.48 bits per heavy atom. The molecule has 0 aromatic heterocycles. The Kier molecular flexibility index (Phi) is 5.94. The molecular formula is C21H17ClFNO3. The minimum Gasteiger partial charge on any atom is -0.493 e. The van der Waals surface area contributed by atoms with Crippen molar-refractivity contribution in [2.24, 2.45) is 0 Å². The Balaban J connectivity index is 1.72. The van der Waals surface area contributed by atoms with E-state index < -0.39 is 11.7 Å². The topological polar surface area (TPSA) is 47.6 Å². The van der Waals surface area contributed by atoms with Crippen molar-refractivity contribution >= 4 is 23.2 Å². The van der Waals surface area contributed by atoms with Gasteiger partial charge in [0.1, 0.15) is 12.4 Å². The molecule has 1 amide bonds. The number of hydrogen-bond acceptors (Lipinski definition) is 3. The van der Waals surface area contributed by atoms with Crippen molar-refractivity contribution in [3.05, 3.63) is 88.7 Å². The lowest BCUT2D eigenvalue weighted by Crippen LogP contribution is -2.13. The van der Waals surface area contributed by atoms with Crippen LogP contribution in [0.2, 0.25) is 5.02 Å². The summed E-state index contributed by atoms with van der Waals surface area (Å²) >= 11 is 5.87. The van der Waals surface area contributed by atoms with Gasteiger partial charge in [-0.15, -0.1) is 0 Å². The van der Waals surface area contributed by atoms with E-state index in [1.807, 2.05) is 12.1 Å². The molecule has 0 bridgehead atoms. The summed E-state index contributed by atoms with van der Waals surface area (Å²) in [7, 11) is 1.49. The van der Waals surface area contributed by atoms with Crippen molar-refractivity contribution in [1.82, 2.24) is 0 Å². The number of para-hydroxylation sites is 1. The molecule has 0 aliphatic rings. The molecule has 0 aliphatic carbocycles. The highest BCUT2D eigenvalue weighted by molar-refractivity contribution is 6.30. The second kappa shape index (κ2) is 8.56. The molecule has 3 aromatic carbocycles. The summed E-state index contributed by atoms with van der Waals surface area (Å²) in [5.74, 6) is -0.0385. The molecule has 27 heavy (non-hydrogen) atoms. The third-order valence-electron chi connectivity index (χ3n) is 3.86. The average molecular weight is 386 g/mol. The summed E-state index contributed by atoms with van der Waals surface area (Å²) in [6.45, 7) is 0.328. The first kappa shape index (κ1) is 18.7. The Hall–Kier alpha value is -3.05. The highest BCUT2D eigenvalue weighted by Crippen LogP contribution is 2.29. The number of carbonyl (C=O) groups excluding carboxylic acids is 1. The van der Waals surface area contributed by atoms with Gasteiger partial charge >= 0.3 is 0 Å². The molecular weight excluding hydrogens is 369 g/mol. The van der Waals surface area contributed by atoms with Crippen molar-refractivity contribution in [2.45, 2.75) is 6.61 Å². The first-order chi connectivity index (χ1) is 13.1. The van der Waals surface area contributed by atoms with Gasteiger partial charge < -0.3 is 14.8 Å². The van der Waals surface area contributed by atoms with E-state index in [-0.39, 0.29) is 5.69 Å². The maximum atomic E-state index is 13.7. The Bertz CT molecular complexity index is 944. The molecule has 0 saturated carbocycles. The van der Waals surface area contributed by atoms with Crippen molar-refractivity contribution < 1.29 is 18.7 Å². The Labute approximate surface area is 161 Å². The number of hydrogen-bond donors (Lipinski definition) is 1. The monoisotopic (exact) mass is 385 g/mol. The van der Waals surface area contributed by atoms with E-state index in [1.54, 1.807) is 42.5 Å². The molecule has 138 valence electrons. The van der Waals surface area contributed by atoms with Crippen LogP contribution in [-0.4, -0.2) is 13.0 Å². The van der Waals surface area contributed by atoms with Gasteiger partial charge in [-0.1, -0.05) is 35.9 Å². The van der Waals surface area contributed by atoms with Crippen LogP contribution in [0.25, 0.3) is 0 Å². The summed E-state index contributed by atoms with van der Waals surface area (Å²) in [5.41, 5.74) is 1.39. The Morgan fingerprint density at radius 1 is 1.04 bits per heavy atom. The van der Waals surface area contributed by atoms with E-state index in [1.165, 1.54) is 19.2 Å². The van der Waals surface area contributed by atoms with Gasteiger partial charge in [0.2, 0.25) is 0 Å². The summed E-state index contributed by atoms with van der Waals surface area (Å²) in [5, 5.41) is 3.19. The SMILES string of the molecule is COc1cc(C(=O)Nc2ccccc2F)ccc1OCc1ccc(Cl)cc1. The summed E-state index contributed by atoms with van der Waals surface area (Å²) in [6, 6.07) is 18.1. The molecule has 1 N–H and O–H groups in total. The van der Waals surface area contributed by atoms with Crippen molar-refractivity contribution in [3.8, 4) is 11.5 Å². The third-order valence-corrected chi connectivity index (χ3v) is 4.11. The van der Waals surface area contributed by atoms with E-state index >= 15 is 0 Å². The number of halogens is 2. The predicted octanol–water partition coefficient (Wildman–Crippen LogP) is 5.32. The van der Waals surface area contributed by atoms with E-state index in [0.29, 0.717) is 28.7 Å². The molecule has 0 fully saturated rings. The van der Waals surface area contributed by atoms with Gasteiger partial charge in [-0.05, 0) is 48.0 Å². The number of rotatable bonds is 6. The zero-order valence-electron chi connectivity index (χ0n) is 14.5. The van der Waals surface area contributed by atoms with Gasteiger partial charge in [-0.25, -0.2) is 4.39 Å². The Morgan fingerprint density at radius 2 is 1.78 bits per heavy atom. The van der Waals surface area contributed by atoms with Crippen LogP contribution in [0.5, 0.6) is 11.5 Å². The van der Waals surface area contributed by atoms with E-state index in [0.717, 1.165) is 5.56 Å². The number of nitrogens with one attached hydrogen (secondary N) is 1. The zero-order chi connectivity index (χ0) is 19.2. The number of methoxy groups -OCH3 is 1. The van der Waals surface area contributed by atoms with Crippen LogP contribution in [0.3, 0.4) is 0 Å². The second-order valence-corrected chi connectivity index (χ2v) is 6.15. The molecule has 3 aromatic rings. The second-order valence-electron chi connectivity index (χ2n) is 5.71. The normalized spacial score (nSPS) is 10.3. The molecule has 0 saturated heterocycles. The van der Waals surface area contributed by atoms with E-state index in [4.69, 9.17) is 21.1 Å². The standard InChI is InChI=1S/C21H17ClFNO3/c1-26-20-12-15(21(25)24-18-5-3-2-4-17(18)23)8-11-19(20)27-13-14-6-9-16(22)10-7-14/h2-12H,13H2,1H3,(H,24,25). The van der Waals surface area contributed by atoms with Gasteiger partial charge in [0.15, 0.2) is 11.5 Å². The van der Waals surface area contributed by atoms with Crippen LogP contribution in [0.4, 0.5) is 10.1 Å². The molecule has 4 nitrogen and oxygen atoms in total. The summed E-state index contributed by atoms with van der Waals surface area (Å²) in [4.78, 5) is 12.4. The fourth-order valence-corrected chi connectivity index (χ4v) is 2.55. The maximum Gasteiger partial charge on any atom is 0.255 e. The van der Waals surface area contributed by atoms with Crippen LogP contribution in [0, 0.1) is 5.82 Å². The minimum atomic E-state index is -0.499. The van der Waals surface area contributed by atoms with Gasteiger partial charge in [0, 0.05) is 10.6 Å². The fraction of sp³-hybridized carbons (Fsp3) is 0.0952. The lowest BCUT2D eigenvalue weighted by molar-refractivity contribution is 0.102. The summed E-state index contributed by atoms with van der Waals surface area (Å²) < 4.78 is 24.8. The predicted molar refractivity (Wildman–Crippen MR) is 103 cm³/mol. The number of anilines is 1.